The Bertz CT molecular complexity index is 488. The zero-order chi connectivity index (χ0) is 11.1. The first-order valence-electron chi connectivity index (χ1n) is 3.97. The molecule has 15 heavy (non-hydrogen) atoms. The second kappa shape index (κ2) is 3.01. The molecule has 2 aromatic rings. The summed E-state index contributed by atoms with van der Waals surface area (Å²) in [5, 5.41) is 8.64. The molecule has 0 spiro atoms. The van der Waals surface area contributed by atoms with E-state index in [9.17, 15) is 13.6 Å². The maximum Gasteiger partial charge on any atom is 0.399 e. The molecular formula is C9H5F2NO3. The Morgan fingerprint density at radius 2 is 2.27 bits per heavy atom. The molecule has 0 unspecified atom stereocenters. The highest BCUT2D eigenvalue weighted by atomic mass is 19.3. The Kier molecular flexibility index (Phi) is 1.92. The summed E-state index contributed by atoms with van der Waals surface area (Å²) >= 11 is 0. The molecule has 0 radical (unpaired) electrons. The first kappa shape index (κ1) is 9.57. The number of furan rings is 1. The van der Waals surface area contributed by atoms with Crippen molar-refractivity contribution in [2.24, 2.45) is 0 Å². The molecule has 0 fully saturated rings. The van der Waals surface area contributed by atoms with E-state index in [1.165, 1.54) is 18.5 Å². The number of hydrogen-bond donors (Lipinski definition) is 1. The summed E-state index contributed by atoms with van der Waals surface area (Å²) in [6.07, 6.45) is 2.69. The van der Waals surface area contributed by atoms with Crippen molar-refractivity contribution < 1.29 is 23.1 Å². The lowest BCUT2D eigenvalue weighted by Crippen LogP contribution is -2.24. The summed E-state index contributed by atoms with van der Waals surface area (Å²) in [5.74, 6) is -7.15. The zero-order valence-electron chi connectivity index (χ0n) is 7.28. The Morgan fingerprint density at radius 3 is 2.87 bits per heavy atom. The fraction of sp³-hybridized carbons (Fsp3) is 0.111. The Hall–Kier alpha value is -1.98. The number of rotatable bonds is 2. The van der Waals surface area contributed by atoms with Crippen molar-refractivity contribution >= 4 is 16.9 Å². The lowest BCUT2D eigenvalue weighted by Gasteiger charge is -2.05. The third-order valence-electron chi connectivity index (χ3n) is 1.89. The van der Waals surface area contributed by atoms with Crippen molar-refractivity contribution in [1.29, 1.82) is 0 Å². The van der Waals surface area contributed by atoms with Gasteiger partial charge in [0.2, 0.25) is 0 Å². The number of aromatic nitrogens is 1. The normalized spacial score (nSPS) is 11.9. The lowest BCUT2D eigenvalue weighted by molar-refractivity contribution is -0.168. The van der Waals surface area contributed by atoms with Crippen LogP contribution in [-0.4, -0.2) is 16.1 Å². The van der Waals surface area contributed by atoms with E-state index in [0.29, 0.717) is 5.39 Å². The zero-order valence-corrected chi connectivity index (χ0v) is 7.28. The molecule has 2 rings (SSSR count). The van der Waals surface area contributed by atoms with Crippen LogP contribution in [0.25, 0.3) is 11.0 Å². The number of alkyl halides is 2. The van der Waals surface area contributed by atoms with E-state index < -0.39 is 17.7 Å². The first-order valence-corrected chi connectivity index (χ1v) is 3.97. The second-order valence-electron chi connectivity index (χ2n) is 2.90. The molecule has 0 saturated carbocycles. The van der Waals surface area contributed by atoms with Crippen LogP contribution in [0.4, 0.5) is 8.78 Å². The van der Waals surface area contributed by atoms with Gasteiger partial charge in [-0.1, -0.05) is 0 Å². The van der Waals surface area contributed by atoms with Gasteiger partial charge in [0.15, 0.2) is 5.76 Å². The van der Waals surface area contributed by atoms with Crippen molar-refractivity contribution in [3.8, 4) is 0 Å². The topological polar surface area (TPSA) is 63.3 Å². The van der Waals surface area contributed by atoms with Gasteiger partial charge in [-0.15, -0.1) is 0 Å². The summed E-state index contributed by atoms with van der Waals surface area (Å²) in [7, 11) is 0. The molecule has 2 heterocycles. The summed E-state index contributed by atoms with van der Waals surface area (Å²) < 4.78 is 30.7. The van der Waals surface area contributed by atoms with Crippen LogP contribution in [0, 0.1) is 0 Å². The van der Waals surface area contributed by atoms with Crippen LogP contribution in [0.3, 0.4) is 0 Å². The third kappa shape index (κ3) is 1.43. The Labute approximate surface area is 82.1 Å². The molecule has 6 heteroatoms. The number of halogens is 2. The summed E-state index contributed by atoms with van der Waals surface area (Å²) in [4.78, 5) is 14.0. The van der Waals surface area contributed by atoms with Crippen LogP contribution in [0.5, 0.6) is 0 Å². The lowest BCUT2D eigenvalue weighted by atomic mass is 10.2. The maximum absolute atomic E-state index is 13.0. The molecular weight excluding hydrogens is 208 g/mol. The van der Waals surface area contributed by atoms with Crippen LogP contribution >= 0.6 is 0 Å². The standard InChI is InChI=1S/C9H5F2NO3/c10-9(11,8(13)14)7-3-5-4-12-2-1-6(5)15-7/h1-4H,(H,13,14). The van der Waals surface area contributed by atoms with Crippen LogP contribution < -0.4 is 0 Å². The van der Waals surface area contributed by atoms with E-state index in [4.69, 9.17) is 9.52 Å². The maximum atomic E-state index is 13.0. The number of fused-ring (bicyclic) bond motifs is 1. The van der Waals surface area contributed by atoms with E-state index in [2.05, 4.69) is 4.98 Å². The van der Waals surface area contributed by atoms with Crippen molar-refractivity contribution in [1.82, 2.24) is 4.98 Å². The van der Waals surface area contributed by atoms with Gasteiger partial charge in [0.25, 0.3) is 0 Å². The number of carboxylic acids is 1. The Morgan fingerprint density at radius 1 is 1.53 bits per heavy atom. The minimum absolute atomic E-state index is 0.181. The largest absolute Gasteiger partial charge is 0.476 e. The van der Waals surface area contributed by atoms with Crippen LogP contribution in [0.1, 0.15) is 5.76 Å². The van der Waals surface area contributed by atoms with Crippen LogP contribution in [-0.2, 0) is 10.7 Å². The molecule has 0 amide bonds. The summed E-state index contributed by atoms with van der Waals surface area (Å²) in [6, 6.07) is 2.35. The average Bonchev–Trinajstić information content (AvgIpc) is 2.61. The molecule has 0 aliphatic rings. The van der Waals surface area contributed by atoms with Crippen LogP contribution in [0.2, 0.25) is 0 Å². The van der Waals surface area contributed by atoms with E-state index in [1.54, 1.807) is 0 Å². The minimum atomic E-state index is -4.01. The predicted molar refractivity (Wildman–Crippen MR) is 45.5 cm³/mol. The molecule has 0 aliphatic heterocycles. The van der Waals surface area contributed by atoms with Crippen molar-refractivity contribution in [2.45, 2.75) is 5.92 Å². The van der Waals surface area contributed by atoms with Crippen LogP contribution in [0.15, 0.2) is 28.9 Å². The van der Waals surface area contributed by atoms with E-state index >= 15 is 0 Å². The Balaban J connectivity index is 2.58. The quantitative estimate of drug-likeness (QED) is 0.828. The van der Waals surface area contributed by atoms with Crippen molar-refractivity contribution in [2.75, 3.05) is 0 Å². The number of nitrogens with zero attached hydrogens (tertiary/aromatic N) is 1. The number of carboxylic acid groups (broad SMARTS) is 1. The predicted octanol–water partition coefficient (Wildman–Crippen LogP) is 2.00. The average molecular weight is 213 g/mol. The molecule has 78 valence electrons. The van der Waals surface area contributed by atoms with Gasteiger partial charge in [-0.05, 0) is 12.1 Å². The third-order valence-corrected chi connectivity index (χ3v) is 1.89. The molecule has 0 bridgehead atoms. The van der Waals surface area contributed by atoms with Gasteiger partial charge in [-0.25, -0.2) is 4.79 Å². The summed E-state index contributed by atoms with van der Waals surface area (Å²) in [6.45, 7) is 0. The molecule has 2 aromatic heterocycles. The number of aliphatic carboxylic acids is 1. The number of carbonyl (C=O) groups is 1. The number of pyridine rings is 1. The van der Waals surface area contributed by atoms with Gasteiger partial charge in [0.1, 0.15) is 5.58 Å². The molecule has 0 aliphatic carbocycles. The number of hydrogen-bond acceptors (Lipinski definition) is 3. The molecule has 0 aromatic carbocycles. The van der Waals surface area contributed by atoms with Crippen molar-refractivity contribution in [3.05, 3.63) is 30.3 Å². The SMILES string of the molecule is O=C(O)C(F)(F)c1cc2cnccc2o1. The van der Waals surface area contributed by atoms with E-state index in [0.717, 1.165) is 6.07 Å². The summed E-state index contributed by atoms with van der Waals surface area (Å²) in [5.41, 5.74) is 0.181. The second-order valence-corrected chi connectivity index (χ2v) is 2.90. The highest BCUT2D eigenvalue weighted by Gasteiger charge is 2.44. The highest BCUT2D eigenvalue weighted by Crippen LogP contribution is 2.32. The van der Waals surface area contributed by atoms with Gasteiger partial charge in [-0.2, -0.15) is 8.78 Å². The fourth-order valence-corrected chi connectivity index (χ4v) is 1.14. The first-order chi connectivity index (χ1) is 7.01. The van der Waals surface area contributed by atoms with Gasteiger partial charge in [-0.3, -0.25) is 4.98 Å². The highest BCUT2D eigenvalue weighted by molar-refractivity contribution is 5.81. The van der Waals surface area contributed by atoms with E-state index in [-0.39, 0.29) is 5.58 Å². The van der Waals surface area contributed by atoms with Gasteiger partial charge >= 0.3 is 11.9 Å². The molecule has 1 N–H and O–H groups in total. The van der Waals surface area contributed by atoms with Crippen molar-refractivity contribution in [3.63, 3.8) is 0 Å². The molecule has 4 nitrogen and oxygen atoms in total. The van der Waals surface area contributed by atoms with Gasteiger partial charge < -0.3 is 9.52 Å². The van der Waals surface area contributed by atoms with Gasteiger partial charge in [0.05, 0.1) is 0 Å². The molecule has 0 atom stereocenters. The smallest absolute Gasteiger partial charge is 0.399 e. The monoisotopic (exact) mass is 213 g/mol. The molecule has 0 saturated heterocycles. The van der Waals surface area contributed by atoms with E-state index in [1.807, 2.05) is 0 Å². The fourth-order valence-electron chi connectivity index (χ4n) is 1.14. The van der Waals surface area contributed by atoms with Gasteiger partial charge in [0, 0.05) is 17.8 Å². The minimum Gasteiger partial charge on any atom is -0.476 e.